The van der Waals surface area contributed by atoms with Crippen LogP contribution >= 0.6 is 0 Å². The quantitative estimate of drug-likeness (QED) is 0.704. The molecule has 0 bridgehead atoms. The summed E-state index contributed by atoms with van der Waals surface area (Å²) in [4.78, 5) is 3.28. The first kappa shape index (κ1) is 12.9. The summed E-state index contributed by atoms with van der Waals surface area (Å²) in [5.41, 5.74) is 6.00. The van der Waals surface area contributed by atoms with Crippen LogP contribution in [-0.2, 0) is 13.2 Å². The van der Waals surface area contributed by atoms with Gasteiger partial charge in [-0.3, -0.25) is 0 Å². The molecule has 0 radical (unpaired) electrons. The van der Waals surface area contributed by atoms with E-state index in [1.54, 1.807) is 0 Å². The Bertz CT molecular complexity index is 759. The van der Waals surface area contributed by atoms with Crippen molar-refractivity contribution in [3.05, 3.63) is 65.0 Å². The number of aromatic nitrogens is 2. The lowest BCUT2D eigenvalue weighted by Crippen LogP contribution is -2.38. The minimum Gasteiger partial charge on any atom is -0.384 e. The summed E-state index contributed by atoms with van der Waals surface area (Å²) >= 11 is 0. The molecule has 0 saturated carbocycles. The third-order valence-corrected chi connectivity index (χ3v) is 3.78. The van der Waals surface area contributed by atoms with E-state index in [0.29, 0.717) is 0 Å². The van der Waals surface area contributed by atoms with Crippen LogP contribution in [0.15, 0.2) is 42.5 Å². The van der Waals surface area contributed by atoms with Gasteiger partial charge in [0.05, 0.1) is 0 Å². The van der Waals surface area contributed by atoms with Crippen molar-refractivity contribution in [1.82, 2.24) is 4.98 Å². The van der Waals surface area contributed by atoms with Crippen LogP contribution < -0.4 is 4.57 Å². The van der Waals surface area contributed by atoms with Gasteiger partial charge in [-0.1, -0.05) is 35.9 Å². The first-order chi connectivity index (χ1) is 9.69. The number of benzene rings is 2. The van der Waals surface area contributed by atoms with Crippen molar-refractivity contribution in [3.8, 4) is 0 Å². The second-order valence-electron chi connectivity index (χ2n) is 5.26. The zero-order chi connectivity index (χ0) is 14.1. The first-order valence-corrected chi connectivity index (χ1v) is 6.85. The molecule has 3 aromatic rings. The van der Waals surface area contributed by atoms with Gasteiger partial charge < -0.3 is 5.11 Å². The Morgan fingerprint density at radius 1 is 1.10 bits per heavy atom. The SMILES string of the molecule is Cc1ccc(C)c(C[n+]2c(CO)[nH]c3ccccc32)c1. The maximum absolute atomic E-state index is 9.57. The largest absolute Gasteiger partial charge is 0.384 e. The summed E-state index contributed by atoms with van der Waals surface area (Å²) in [6.45, 7) is 5.02. The number of aryl methyl sites for hydroxylation is 2. The number of fused-ring (bicyclic) bond motifs is 1. The van der Waals surface area contributed by atoms with Crippen LogP contribution in [0.5, 0.6) is 0 Å². The Morgan fingerprint density at radius 3 is 2.70 bits per heavy atom. The van der Waals surface area contributed by atoms with Gasteiger partial charge in [0.15, 0.2) is 11.0 Å². The van der Waals surface area contributed by atoms with Crippen LogP contribution in [-0.4, -0.2) is 10.1 Å². The summed E-state index contributed by atoms with van der Waals surface area (Å²) in [5, 5.41) is 9.57. The Hall–Kier alpha value is -2.13. The molecule has 102 valence electrons. The minimum atomic E-state index is 0.0134. The predicted molar refractivity (Wildman–Crippen MR) is 79.4 cm³/mol. The van der Waals surface area contributed by atoms with E-state index >= 15 is 0 Å². The van der Waals surface area contributed by atoms with E-state index in [1.807, 2.05) is 18.2 Å². The molecule has 3 nitrogen and oxygen atoms in total. The standard InChI is InChI=1S/C17H18N2O/c1-12-7-8-13(2)14(9-12)10-19-16-6-4-3-5-15(16)18-17(19)11-20/h3-9,20H,10-11H2,1-2H3/p+1. The Balaban J connectivity index is 2.12. The van der Waals surface area contributed by atoms with Crippen molar-refractivity contribution in [2.75, 3.05) is 0 Å². The lowest BCUT2D eigenvalue weighted by molar-refractivity contribution is -0.672. The highest BCUT2D eigenvalue weighted by molar-refractivity contribution is 5.71. The van der Waals surface area contributed by atoms with Gasteiger partial charge >= 0.3 is 0 Å². The molecule has 0 aliphatic carbocycles. The molecule has 0 amide bonds. The minimum absolute atomic E-state index is 0.0134. The maximum Gasteiger partial charge on any atom is 0.281 e. The van der Waals surface area contributed by atoms with Crippen molar-refractivity contribution in [1.29, 1.82) is 0 Å². The zero-order valence-corrected chi connectivity index (χ0v) is 11.9. The van der Waals surface area contributed by atoms with Crippen molar-refractivity contribution in [2.45, 2.75) is 27.0 Å². The average Bonchev–Trinajstić information content (AvgIpc) is 2.81. The molecule has 0 aliphatic heterocycles. The van der Waals surface area contributed by atoms with Crippen LogP contribution in [0.25, 0.3) is 11.0 Å². The van der Waals surface area contributed by atoms with Gasteiger partial charge in [0.1, 0.15) is 13.2 Å². The zero-order valence-electron chi connectivity index (χ0n) is 11.9. The van der Waals surface area contributed by atoms with Gasteiger partial charge in [-0.2, -0.15) is 0 Å². The topological polar surface area (TPSA) is 39.9 Å². The summed E-state index contributed by atoms with van der Waals surface area (Å²) in [5.74, 6) is 0.840. The van der Waals surface area contributed by atoms with E-state index in [2.05, 4.69) is 47.7 Å². The van der Waals surface area contributed by atoms with Gasteiger partial charge in [-0.15, -0.1) is 0 Å². The normalized spacial score (nSPS) is 11.2. The first-order valence-electron chi connectivity index (χ1n) is 6.85. The fraction of sp³-hybridized carbons (Fsp3) is 0.235. The monoisotopic (exact) mass is 267 g/mol. The molecular formula is C17H19N2O+. The molecule has 0 atom stereocenters. The maximum atomic E-state index is 9.57. The summed E-state index contributed by atoms with van der Waals surface area (Å²) in [7, 11) is 0. The molecule has 3 heteroatoms. The molecule has 0 fully saturated rings. The number of aliphatic hydroxyl groups excluding tert-OH is 1. The van der Waals surface area contributed by atoms with Crippen molar-refractivity contribution in [2.24, 2.45) is 0 Å². The van der Waals surface area contributed by atoms with E-state index in [-0.39, 0.29) is 6.61 Å². The number of imidazole rings is 1. The van der Waals surface area contributed by atoms with E-state index in [9.17, 15) is 5.11 Å². The number of para-hydroxylation sites is 2. The molecule has 20 heavy (non-hydrogen) atoms. The highest BCUT2D eigenvalue weighted by atomic mass is 16.3. The van der Waals surface area contributed by atoms with Crippen LogP contribution in [0.2, 0.25) is 0 Å². The van der Waals surface area contributed by atoms with Gasteiger partial charge in [0, 0.05) is 0 Å². The third-order valence-electron chi connectivity index (χ3n) is 3.78. The number of nitrogens with zero attached hydrogens (tertiary/aromatic N) is 1. The fourth-order valence-corrected chi connectivity index (χ4v) is 2.63. The van der Waals surface area contributed by atoms with Crippen LogP contribution in [0.3, 0.4) is 0 Å². The molecule has 0 unspecified atom stereocenters. The fourth-order valence-electron chi connectivity index (χ4n) is 2.63. The van der Waals surface area contributed by atoms with E-state index in [4.69, 9.17) is 0 Å². The number of rotatable bonds is 3. The van der Waals surface area contributed by atoms with Crippen LogP contribution in [0.1, 0.15) is 22.5 Å². The van der Waals surface area contributed by atoms with Gasteiger partial charge in [0.25, 0.3) is 5.82 Å². The molecule has 2 N–H and O–H groups in total. The summed E-state index contributed by atoms with van der Waals surface area (Å²) in [6, 6.07) is 14.6. The molecule has 2 aromatic carbocycles. The van der Waals surface area contributed by atoms with E-state index in [1.165, 1.54) is 16.7 Å². The number of nitrogens with one attached hydrogen (secondary N) is 1. The average molecular weight is 267 g/mol. The van der Waals surface area contributed by atoms with Crippen molar-refractivity contribution in [3.63, 3.8) is 0 Å². The smallest absolute Gasteiger partial charge is 0.281 e. The van der Waals surface area contributed by atoms with Gasteiger partial charge in [-0.25, -0.2) is 9.55 Å². The number of hydrogen-bond acceptors (Lipinski definition) is 1. The van der Waals surface area contributed by atoms with Crippen LogP contribution in [0.4, 0.5) is 0 Å². The Kier molecular flexibility index (Phi) is 3.28. The highest BCUT2D eigenvalue weighted by Gasteiger charge is 2.18. The van der Waals surface area contributed by atoms with Gasteiger partial charge in [0.2, 0.25) is 0 Å². The lowest BCUT2D eigenvalue weighted by Gasteiger charge is -2.06. The summed E-state index contributed by atoms with van der Waals surface area (Å²) in [6.07, 6.45) is 0. The van der Waals surface area contributed by atoms with E-state index in [0.717, 1.165) is 23.4 Å². The molecule has 1 heterocycles. The molecular weight excluding hydrogens is 248 g/mol. The third kappa shape index (κ3) is 2.21. The molecule has 0 spiro atoms. The van der Waals surface area contributed by atoms with E-state index < -0.39 is 0 Å². The van der Waals surface area contributed by atoms with Crippen molar-refractivity contribution >= 4 is 11.0 Å². The Labute approximate surface area is 118 Å². The second kappa shape index (κ2) is 5.10. The molecule has 0 saturated heterocycles. The molecule has 3 rings (SSSR count). The number of aromatic amines is 1. The predicted octanol–water partition coefficient (Wildman–Crippen LogP) is 2.61. The summed E-state index contributed by atoms with van der Waals surface area (Å²) < 4.78 is 2.15. The molecule has 0 aliphatic rings. The molecule has 1 aromatic heterocycles. The number of aliphatic hydroxyl groups is 1. The van der Waals surface area contributed by atoms with Crippen LogP contribution in [0, 0.1) is 13.8 Å². The van der Waals surface area contributed by atoms with Gasteiger partial charge in [-0.05, 0) is 37.1 Å². The number of H-pyrrole nitrogens is 1. The highest BCUT2D eigenvalue weighted by Crippen LogP contribution is 2.14. The number of hydrogen-bond donors (Lipinski definition) is 2. The Morgan fingerprint density at radius 2 is 1.90 bits per heavy atom. The second-order valence-corrected chi connectivity index (χ2v) is 5.26. The van der Waals surface area contributed by atoms with Crippen molar-refractivity contribution < 1.29 is 9.67 Å². The lowest BCUT2D eigenvalue weighted by atomic mass is 10.1.